The van der Waals surface area contributed by atoms with Crippen LogP contribution >= 0.6 is 0 Å². The van der Waals surface area contributed by atoms with Crippen LogP contribution in [0.2, 0.25) is 4.73 Å². The molecule has 0 spiro atoms. The Morgan fingerprint density at radius 1 is 0.565 bits per heavy atom. The van der Waals surface area contributed by atoms with Crippen molar-refractivity contribution in [3.05, 3.63) is 0 Å². The Morgan fingerprint density at radius 3 is 1.26 bits per heavy atom. The van der Waals surface area contributed by atoms with E-state index in [1.807, 2.05) is 0 Å². The molecule has 0 saturated heterocycles. The van der Waals surface area contributed by atoms with Crippen LogP contribution in [0.4, 0.5) is 0 Å². The minimum absolute atomic E-state index is 0.168. The monoisotopic (exact) mass is 366 g/mol. The van der Waals surface area contributed by atoms with Gasteiger partial charge in [-0.3, -0.25) is 0 Å². The van der Waals surface area contributed by atoms with Crippen LogP contribution in [0.25, 0.3) is 0 Å². The van der Waals surface area contributed by atoms with E-state index in [9.17, 15) is 0 Å². The quantitative estimate of drug-likeness (QED) is 0.238. The molecular weight excluding hydrogens is 324 g/mol. The summed E-state index contributed by atoms with van der Waals surface area (Å²) in [6.07, 6.45) is 11.1. The summed E-state index contributed by atoms with van der Waals surface area (Å²) in [5.41, 5.74) is 0. The standard InChI is InChI=1S/C10H21.3C3H7O.Ti/c1-3-5-7-9-10-8-6-4-2;3*1-3(2)4;/h1,3-10H2,2H3;3*3H,1-2H3;/q;3*-1;+3. The van der Waals surface area contributed by atoms with Gasteiger partial charge in [0.25, 0.3) is 0 Å². The van der Waals surface area contributed by atoms with Gasteiger partial charge in [-0.05, 0) is 0 Å². The number of hydrogen-bond donors (Lipinski definition) is 0. The van der Waals surface area contributed by atoms with Crippen molar-refractivity contribution in [3.63, 3.8) is 0 Å². The minimum atomic E-state index is -3.15. The summed E-state index contributed by atoms with van der Waals surface area (Å²) in [5.74, 6) is 0. The van der Waals surface area contributed by atoms with Crippen LogP contribution in [0.5, 0.6) is 0 Å². The Kier molecular flexibility index (Phi) is 14.2. The van der Waals surface area contributed by atoms with E-state index in [2.05, 4.69) is 48.5 Å². The summed E-state index contributed by atoms with van der Waals surface area (Å²) in [5, 5.41) is 0. The van der Waals surface area contributed by atoms with Crippen molar-refractivity contribution >= 4 is 0 Å². The summed E-state index contributed by atoms with van der Waals surface area (Å²) < 4.78 is 19.8. The number of unbranched alkanes of at least 4 members (excludes halogenated alkanes) is 7. The molecular formula is C19H42O3Ti. The molecule has 0 amide bonds. The molecule has 0 aromatic carbocycles. The van der Waals surface area contributed by atoms with Crippen LogP contribution in [0, 0.1) is 0 Å². The first-order chi connectivity index (χ1) is 10.8. The third-order valence-electron chi connectivity index (χ3n) is 3.58. The second-order valence-electron chi connectivity index (χ2n) is 7.41. The molecule has 0 aromatic rings. The van der Waals surface area contributed by atoms with Gasteiger partial charge in [0, 0.05) is 0 Å². The molecule has 140 valence electrons. The summed E-state index contributed by atoms with van der Waals surface area (Å²) in [7, 11) is 0. The normalized spacial score (nSPS) is 12.8. The molecule has 23 heavy (non-hydrogen) atoms. The van der Waals surface area contributed by atoms with Gasteiger partial charge in [-0.1, -0.05) is 0 Å². The molecule has 0 aliphatic carbocycles. The fourth-order valence-electron chi connectivity index (χ4n) is 2.81. The van der Waals surface area contributed by atoms with Gasteiger partial charge in [0.15, 0.2) is 0 Å². The second kappa shape index (κ2) is 13.8. The maximum atomic E-state index is 6.26. The predicted molar refractivity (Wildman–Crippen MR) is 96.1 cm³/mol. The van der Waals surface area contributed by atoms with Crippen molar-refractivity contribution in [3.8, 4) is 0 Å². The molecule has 4 heteroatoms. The Morgan fingerprint density at radius 2 is 0.913 bits per heavy atom. The topological polar surface area (TPSA) is 27.7 Å². The zero-order valence-corrected chi connectivity index (χ0v) is 18.4. The van der Waals surface area contributed by atoms with E-state index in [1.54, 1.807) is 0 Å². The molecule has 0 aromatic heterocycles. The zero-order chi connectivity index (χ0) is 17.7. The summed E-state index contributed by atoms with van der Waals surface area (Å²) in [6, 6.07) is 0. The molecule has 0 aliphatic rings. The first-order valence-corrected chi connectivity index (χ1v) is 12.9. The molecule has 0 N–H and O–H groups in total. The van der Waals surface area contributed by atoms with Crippen LogP contribution < -0.4 is 0 Å². The third-order valence-corrected chi connectivity index (χ3v) is 8.98. The molecule has 0 heterocycles. The van der Waals surface area contributed by atoms with Gasteiger partial charge in [-0.25, -0.2) is 0 Å². The average Bonchev–Trinajstić information content (AvgIpc) is 2.39. The van der Waals surface area contributed by atoms with Crippen molar-refractivity contribution in [2.75, 3.05) is 0 Å². The average molecular weight is 366 g/mol. The van der Waals surface area contributed by atoms with Crippen molar-refractivity contribution < 1.29 is 27.7 Å². The van der Waals surface area contributed by atoms with E-state index in [-0.39, 0.29) is 18.3 Å². The van der Waals surface area contributed by atoms with Crippen molar-refractivity contribution in [2.24, 2.45) is 0 Å². The molecule has 0 atom stereocenters. The first kappa shape index (κ1) is 23.6. The molecule has 0 aliphatic heterocycles. The summed E-state index contributed by atoms with van der Waals surface area (Å²) >= 11 is -3.15. The Bertz CT molecular complexity index is 241. The second-order valence-corrected chi connectivity index (χ2v) is 11.4. The SMILES string of the molecule is CCCCCCCCC[CH2][Ti]([O]C(C)C)([O]C(C)C)[O]C(C)C. The molecule has 0 unspecified atom stereocenters. The first-order valence-electron chi connectivity index (χ1n) is 9.84. The van der Waals surface area contributed by atoms with Crippen LogP contribution in [0.15, 0.2) is 0 Å². The Balaban J connectivity index is 4.32. The molecule has 0 radical (unpaired) electrons. The van der Waals surface area contributed by atoms with Gasteiger partial charge in [-0.2, -0.15) is 0 Å². The van der Waals surface area contributed by atoms with E-state index in [1.165, 1.54) is 51.4 Å². The molecule has 0 saturated carbocycles. The van der Waals surface area contributed by atoms with Gasteiger partial charge in [0.2, 0.25) is 0 Å². The predicted octanol–water partition coefficient (Wildman–Crippen LogP) is 6.72. The molecule has 0 bridgehead atoms. The fraction of sp³-hybridized carbons (Fsp3) is 1.00. The Hall–Kier alpha value is 0.594. The van der Waals surface area contributed by atoms with E-state index in [4.69, 9.17) is 9.96 Å². The fourth-order valence-corrected chi connectivity index (χ4v) is 8.06. The molecule has 3 nitrogen and oxygen atoms in total. The maximum absolute atomic E-state index is 6.26. The third kappa shape index (κ3) is 13.5. The van der Waals surface area contributed by atoms with Crippen molar-refractivity contribution in [1.29, 1.82) is 0 Å². The van der Waals surface area contributed by atoms with Gasteiger partial charge < -0.3 is 0 Å². The number of hydrogen-bond acceptors (Lipinski definition) is 3. The Labute approximate surface area is 150 Å². The van der Waals surface area contributed by atoms with Gasteiger partial charge >= 0.3 is 151 Å². The zero-order valence-electron chi connectivity index (χ0n) is 16.8. The van der Waals surface area contributed by atoms with Crippen LogP contribution in [0.1, 0.15) is 99.8 Å². The molecule has 0 rings (SSSR count). The summed E-state index contributed by atoms with van der Waals surface area (Å²) in [6.45, 7) is 14.8. The van der Waals surface area contributed by atoms with Crippen LogP contribution in [-0.2, 0) is 27.7 Å². The van der Waals surface area contributed by atoms with Gasteiger partial charge in [0.1, 0.15) is 0 Å². The summed E-state index contributed by atoms with van der Waals surface area (Å²) in [4.78, 5) is 0. The molecule has 0 fully saturated rings. The van der Waals surface area contributed by atoms with Crippen LogP contribution in [0.3, 0.4) is 0 Å². The van der Waals surface area contributed by atoms with Gasteiger partial charge in [0.05, 0.1) is 0 Å². The van der Waals surface area contributed by atoms with Crippen LogP contribution in [-0.4, -0.2) is 18.3 Å². The van der Waals surface area contributed by atoms with Crippen molar-refractivity contribution in [2.45, 2.75) is 123 Å². The van der Waals surface area contributed by atoms with E-state index in [0.29, 0.717) is 0 Å². The van der Waals surface area contributed by atoms with E-state index in [0.717, 1.165) is 4.73 Å². The van der Waals surface area contributed by atoms with E-state index < -0.39 is 17.8 Å². The van der Waals surface area contributed by atoms with E-state index >= 15 is 0 Å². The number of rotatable bonds is 15. The van der Waals surface area contributed by atoms with Crippen molar-refractivity contribution in [1.82, 2.24) is 0 Å². The van der Waals surface area contributed by atoms with Gasteiger partial charge in [-0.15, -0.1) is 0 Å².